The number of methoxy groups -OCH3 is 2. The van der Waals surface area contributed by atoms with Gasteiger partial charge in [0.05, 0.1) is 25.5 Å². The molecule has 172 valence electrons. The molecule has 7 heteroatoms. The van der Waals surface area contributed by atoms with E-state index < -0.39 is 0 Å². The van der Waals surface area contributed by atoms with Crippen molar-refractivity contribution in [2.75, 3.05) is 26.1 Å². The van der Waals surface area contributed by atoms with Crippen LogP contribution in [0.1, 0.15) is 27.9 Å². The largest absolute Gasteiger partial charge is 0.493 e. The monoisotopic (exact) mass is 466 g/mol. The van der Waals surface area contributed by atoms with Gasteiger partial charge >= 0.3 is 0 Å². The number of hydrogen-bond acceptors (Lipinski definition) is 4. The van der Waals surface area contributed by atoms with Crippen molar-refractivity contribution in [1.82, 2.24) is 5.32 Å². The van der Waals surface area contributed by atoms with Crippen molar-refractivity contribution in [3.8, 4) is 11.5 Å². The van der Waals surface area contributed by atoms with E-state index in [9.17, 15) is 9.59 Å². The highest BCUT2D eigenvalue weighted by molar-refractivity contribution is 6.30. The van der Waals surface area contributed by atoms with Crippen molar-refractivity contribution in [2.24, 2.45) is 0 Å². The van der Waals surface area contributed by atoms with E-state index in [0.29, 0.717) is 53.6 Å². The minimum atomic E-state index is -0.246. The van der Waals surface area contributed by atoms with Gasteiger partial charge in [0.2, 0.25) is 5.91 Å². The zero-order valence-electron chi connectivity index (χ0n) is 18.7. The molecule has 0 aliphatic carbocycles. The molecule has 0 aromatic heterocycles. The minimum Gasteiger partial charge on any atom is -0.493 e. The first-order chi connectivity index (χ1) is 16.0. The highest BCUT2D eigenvalue weighted by atomic mass is 35.5. The summed E-state index contributed by atoms with van der Waals surface area (Å²) in [6.45, 7) is 0.438. The van der Waals surface area contributed by atoms with E-state index >= 15 is 0 Å². The van der Waals surface area contributed by atoms with E-state index in [-0.39, 0.29) is 11.8 Å². The summed E-state index contributed by atoms with van der Waals surface area (Å²) in [5.74, 6) is 0.901. The molecule has 0 aliphatic rings. The van der Waals surface area contributed by atoms with Crippen LogP contribution in [0.5, 0.6) is 11.5 Å². The lowest BCUT2D eigenvalue weighted by Gasteiger charge is -2.12. The average molecular weight is 467 g/mol. The Balaban J connectivity index is 1.55. The van der Waals surface area contributed by atoms with Gasteiger partial charge in [0, 0.05) is 18.0 Å². The Labute approximate surface area is 198 Å². The summed E-state index contributed by atoms with van der Waals surface area (Å²) in [4.78, 5) is 25.2. The third-order valence-electron chi connectivity index (χ3n) is 5.15. The van der Waals surface area contributed by atoms with Crippen LogP contribution in [0, 0.1) is 0 Å². The Kier molecular flexibility index (Phi) is 8.72. The number of amides is 2. The maximum atomic E-state index is 12.8. The standard InChI is InChI=1S/C26H27ClN2O4/c1-32-23-13-9-19(17-24(23)33-2)15-16-28-26(31)21-5-3-4-6-22(21)29-25(30)14-10-18-7-11-20(27)12-8-18/h3-9,11-13,17H,10,14-16H2,1-2H3,(H,28,31)(H,29,30). The Morgan fingerprint density at radius 1 is 0.848 bits per heavy atom. The van der Waals surface area contributed by atoms with Gasteiger partial charge in [-0.1, -0.05) is 41.9 Å². The van der Waals surface area contributed by atoms with Crippen LogP contribution in [-0.2, 0) is 17.6 Å². The summed E-state index contributed by atoms with van der Waals surface area (Å²) in [5, 5.41) is 6.43. The SMILES string of the molecule is COc1ccc(CCNC(=O)c2ccccc2NC(=O)CCc2ccc(Cl)cc2)cc1OC. The zero-order valence-corrected chi connectivity index (χ0v) is 19.4. The van der Waals surface area contributed by atoms with Crippen LogP contribution in [0.15, 0.2) is 66.7 Å². The smallest absolute Gasteiger partial charge is 0.253 e. The van der Waals surface area contributed by atoms with Crippen LogP contribution >= 0.6 is 11.6 Å². The summed E-state index contributed by atoms with van der Waals surface area (Å²) in [6.07, 6.45) is 1.52. The number of para-hydroxylation sites is 1. The van der Waals surface area contributed by atoms with Crippen LogP contribution in [0.3, 0.4) is 0 Å². The van der Waals surface area contributed by atoms with Crippen molar-refractivity contribution < 1.29 is 19.1 Å². The van der Waals surface area contributed by atoms with Gasteiger partial charge in [-0.2, -0.15) is 0 Å². The summed E-state index contributed by atoms with van der Waals surface area (Å²) >= 11 is 5.90. The van der Waals surface area contributed by atoms with Crippen LogP contribution in [0.4, 0.5) is 5.69 Å². The molecular formula is C26H27ClN2O4. The number of ether oxygens (including phenoxy) is 2. The number of rotatable bonds is 10. The number of aryl methyl sites for hydroxylation is 1. The van der Waals surface area contributed by atoms with Crippen LogP contribution in [-0.4, -0.2) is 32.6 Å². The molecule has 0 atom stereocenters. The quantitative estimate of drug-likeness (QED) is 0.445. The van der Waals surface area contributed by atoms with Gasteiger partial charge < -0.3 is 20.1 Å². The van der Waals surface area contributed by atoms with Gasteiger partial charge in [-0.15, -0.1) is 0 Å². The molecule has 0 heterocycles. The van der Waals surface area contributed by atoms with Crippen molar-refractivity contribution in [3.05, 3.63) is 88.4 Å². The second-order valence-corrected chi connectivity index (χ2v) is 7.85. The molecule has 3 rings (SSSR count). The molecule has 0 spiro atoms. The molecule has 0 radical (unpaired) electrons. The first-order valence-electron chi connectivity index (χ1n) is 10.6. The number of benzene rings is 3. The highest BCUT2D eigenvalue weighted by Crippen LogP contribution is 2.27. The van der Waals surface area contributed by atoms with Crippen LogP contribution in [0.2, 0.25) is 5.02 Å². The van der Waals surface area contributed by atoms with E-state index in [2.05, 4.69) is 10.6 Å². The zero-order chi connectivity index (χ0) is 23.6. The molecule has 3 aromatic carbocycles. The Bertz CT molecular complexity index is 1100. The minimum absolute atomic E-state index is 0.157. The summed E-state index contributed by atoms with van der Waals surface area (Å²) in [7, 11) is 3.18. The van der Waals surface area contributed by atoms with Gasteiger partial charge in [0.1, 0.15) is 0 Å². The average Bonchev–Trinajstić information content (AvgIpc) is 2.83. The fourth-order valence-corrected chi connectivity index (χ4v) is 3.49. The lowest BCUT2D eigenvalue weighted by Crippen LogP contribution is -2.27. The number of carbonyl (C=O) groups is 2. The second kappa shape index (κ2) is 11.9. The fraction of sp³-hybridized carbons (Fsp3) is 0.231. The molecule has 0 unspecified atom stereocenters. The van der Waals surface area contributed by atoms with E-state index in [1.807, 2.05) is 30.3 Å². The molecule has 2 N–H and O–H groups in total. The molecule has 6 nitrogen and oxygen atoms in total. The Morgan fingerprint density at radius 2 is 1.55 bits per heavy atom. The van der Waals surface area contributed by atoms with Crippen LogP contribution in [0.25, 0.3) is 0 Å². The van der Waals surface area contributed by atoms with Gasteiger partial charge in [0.25, 0.3) is 5.91 Å². The number of anilines is 1. The second-order valence-electron chi connectivity index (χ2n) is 7.42. The molecule has 33 heavy (non-hydrogen) atoms. The first-order valence-corrected chi connectivity index (χ1v) is 11.0. The first kappa shape index (κ1) is 24.1. The Morgan fingerprint density at radius 3 is 2.27 bits per heavy atom. The van der Waals surface area contributed by atoms with Gasteiger partial charge in [-0.05, 0) is 60.4 Å². The molecule has 0 bridgehead atoms. The predicted molar refractivity (Wildman–Crippen MR) is 130 cm³/mol. The van der Waals surface area contributed by atoms with Crippen molar-refractivity contribution >= 4 is 29.1 Å². The molecule has 2 amide bonds. The van der Waals surface area contributed by atoms with E-state index in [0.717, 1.165) is 11.1 Å². The predicted octanol–water partition coefficient (Wildman–Crippen LogP) is 4.90. The van der Waals surface area contributed by atoms with E-state index in [4.69, 9.17) is 21.1 Å². The molecule has 3 aromatic rings. The number of carbonyl (C=O) groups excluding carboxylic acids is 2. The molecule has 0 fully saturated rings. The van der Waals surface area contributed by atoms with Crippen molar-refractivity contribution in [1.29, 1.82) is 0 Å². The highest BCUT2D eigenvalue weighted by Gasteiger charge is 2.13. The summed E-state index contributed by atoms with van der Waals surface area (Å²) < 4.78 is 10.6. The van der Waals surface area contributed by atoms with Gasteiger partial charge in [-0.3, -0.25) is 9.59 Å². The molecule has 0 saturated carbocycles. The number of hydrogen-bond donors (Lipinski definition) is 2. The maximum absolute atomic E-state index is 12.8. The normalized spacial score (nSPS) is 10.4. The maximum Gasteiger partial charge on any atom is 0.253 e. The van der Waals surface area contributed by atoms with Crippen molar-refractivity contribution in [3.63, 3.8) is 0 Å². The lowest BCUT2D eigenvalue weighted by molar-refractivity contribution is -0.116. The van der Waals surface area contributed by atoms with E-state index in [1.54, 1.807) is 50.6 Å². The Hall–Kier alpha value is -3.51. The van der Waals surface area contributed by atoms with Gasteiger partial charge in [0.15, 0.2) is 11.5 Å². The molecule has 0 saturated heterocycles. The number of nitrogens with one attached hydrogen (secondary N) is 2. The summed E-state index contributed by atoms with van der Waals surface area (Å²) in [5.41, 5.74) is 2.94. The third-order valence-corrected chi connectivity index (χ3v) is 5.40. The number of halogens is 1. The lowest BCUT2D eigenvalue weighted by atomic mass is 10.1. The topological polar surface area (TPSA) is 76.7 Å². The summed E-state index contributed by atoms with van der Waals surface area (Å²) in [6, 6.07) is 20.0. The molecule has 0 aliphatic heterocycles. The van der Waals surface area contributed by atoms with Crippen LogP contribution < -0.4 is 20.1 Å². The molecular weight excluding hydrogens is 440 g/mol. The fourth-order valence-electron chi connectivity index (χ4n) is 3.36. The van der Waals surface area contributed by atoms with Gasteiger partial charge in [-0.25, -0.2) is 0 Å². The van der Waals surface area contributed by atoms with E-state index in [1.165, 1.54) is 0 Å². The van der Waals surface area contributed by atoms with Crippen molar-refractivity contribution in [2.45, 2.75) is 19.3 Å². The third kappa shape index (κ3) is 6.99.